The van der Waals surface area contributed by atoms with Crippen LogP contribution in [0.2, 0.25) is 0 Å². The molecule has 3 heterocycles. The Morgan fingerprint density at radius 2 is 1.14 bits per heavy atom. The summed E-state index contributed by atoms with van der Waals surface area (Å²) in [6, 6.07) is 56.2. The quantitative estimate of drug-likeness (QED) is 0.181. The van der Waals surface area contributed by atoms with Gasteiger partial charge in [0.15, 0.2) is 0 Å². The standard InChI is InChI=1S/C46H31N3O/c47-29-31-21-25-45-40(27-31)37-17-9-12-32(46(37)50-45)11-8-10-30-20-23-43-38(26-30)35-15-4-7-19-42(35)49(43)34-22-24-44-39(28-34)36-16-5-6-18-41(36)48(44)33-13-2-1-3-14-33/h1-7,9,12-28H,8,10-11H2. The van der Waals surface area contributed by atoms with Gasteiger partial charge in [0.05, 0.1) is 33.7 Å². The molecule has 10 rings (SSSR count). The molecule has 0 N–H and O–H groups in total. The van der Waals surface area contributed by atoms with Gasteiger partial charge in [0.25, 0.3) is 0 Å². The predicted molar refractivity (Wildman–Crippen MR) is 206 cm³/mol. The van der Waals surface area contributed by atoms with Gasteiger partial charge in [-0.05, 0) is 103 Å². The third-order valence-corrected chi connectivity index (χ3v) is 10.3. The normalized spacial score (nSPS) is 11.8. The number of aromatic nitrogens is 2. The molecule has 0 aliphatic heterocycles. The van der Waals surface area contributed by atoms with Gasteiger partial charge in [-0.25, -0.2) is 0 Å². The highest BCUT2D eigenvalue weighted by Crippen LogP contribution is 2.38. The van der Waals surface area contributed by atoms with Gasteiger partial charge in [-0.1, -0.05) is 78.9 Å². The van der Waals surface area contributed by atoms with Crippen molar-refractivity contribution in [2.45, 2.75) is 19.3 Å². The third-order valence-electron chi connectivity index (χ3n) is 10.3. The van der Waals surface area contributed by atoms with Crippen LogP contribution in [0, 0.1) is 11.3 Å². The van der Waals surface area contributed by atoms with Crippen LogP contribution < -0.4 is 0 Å². The highest BCUT2D eigenvalue weighted by molar-refractivity contribution is 6.12. The lowest BCUT2D eigenvalue weighted by molar-refractivity contribution is 0.659. The first-order valence-electron chi connectivity index (χ1n) is 17.2. The second-order valence-corrected chi connectivity index (χ2v) is 13.2. The molecule has 4 nitrogen and oxygen atoms in total. The van der Waals surface area contributed by atoms with Gasteiger partial charge < -0.3 is 13.6 Å². The van der Waals surface area contributed by atoms with Gasteiger partial charge >= 0.3 is 0 Å². The molecule has 236 valence electrons. The van der Waals surface area contributed by atoms with Crippen LogP contribution in [0.5, 0.6) is 0 Å². The van der Waals surface area contributed by atoms with Crippen molar-refractivity contribution >= 4 is 65.6 Å². The Hall–Kier alpha value is -6.57. The minimum atomic E-state index is 0.651. The fourth-order valence-electron chi connectivity index (χ4n) is 8.02. The van der Waals surface area contributed by atoms with Crippen molar-refractivity contribution in [3.63, 3.8) is 0 Å². The van der Waals surface area contributed by atoms with Gasteiger partial charge in [-0.2, -0.15) is 5.26 Å². The highest BCUT2D eigenvalue weighted by Gasteiger charge is 2.17. The molecule has 0 saturated carbocycles. The first-order valence-corrected chi connectivity index (χ1v) is 17.2. The van der Waals surface area contributed by atoms with Crippen LogP contribution in [0.15, 0.2) is 156 Å². The molecule has 4 heteroatoms. The van der Waals surface area contributed by atoms with E-state index < -0.39 is 0 Å². The summed E-state index contributed by atoms with van der Waals surface area (Å²) in [7, 11) is 0. The van der Waals surface area contributed by atoms with E-state index in [-0.39, 0.29) is 0 Å². The minimum absolute atomic E-state index is 0.651. The number of hydrogen-bond acceptors (Lipinski definition) is 2. The summed E-state index contributed by atoms with van der Waals surface area (Å²) in [4.78, 5) is 0. The molecule has 0 saturated heterocycles. The van der Waals surface area contributed by atoms with Gasteiger partial charge in [-0.15, -0.1) is 0 Å². The van der Waals surface area contributed by atoms with Gasteiger partial charge in [-0.3, -0.25) is 0 Å². The minimum Gasteiger partial charge on any atom is -0.456 e. The van der Waals surface area contributed by atoms with Crippen molar-refractivity contribution in [2.24, 2.45) is 0 Å². The second kappa shape index (κ2) is 11.3. The van der Waals surface area contributed by atoms with Crippen molar-refractivity contribution in [1.29, 1.82) is 5.26 Å². The number of nitriles is 1. The number of benzene rings is 7. The van der Waals surface area contributed by atoms with E-state index in [2.05, 4.69) is 149 Å². The molecule has 10 aromatic rings. The summed E-state index contributed by atoms with van der Waals surface area (Å²) in [6.45, 7) is 0. The largest absolute Gasteiger partial charge is 0.456 e. The SMILES string of the molecule is N#Cc1ccc2oc3c(CCCc4ccc5c(c4)c4ccccc4n5-c4ccc5c(c4)c4ccccc4n5-c4ccccc4)cccc3c2c1. The fourth-order valence-corrected chi connectivity index (χ4v) is 8.02. The molecule has 0 atom stereocenters. The van der Waals surface area contributed by atoms with Gasteiger partial charge in [0, 0.05) is 43.7 Å². The number of furan rings is 1. The molecule has 0 radical (unpaired) electrons. The molecular formula is C46H31N3O. The van der Waals surface area contributed by atoms with E-state index >= 15 is 0 Å². The van der Waals surface area contributed by atoms with E-state index in [0.29, 0.717) is 5.56 Å². The van der Waals surface area contributed by atoms with Crippen LogP contribution in [-0.2, 0) is 12.8 Å². The summed E-state index contributed by atoms with van der Waals surface area (Å²) >= 11 is 0. The second-order valence-electron chi connectivity index (χ2n) is 13.2. The Bertz CT molecular complexity index is 2970. The predicted octanol–water partition coefficient (Wildman–Crippen LogP) is 11.8. The molecular weight excluding hydrogens is 611 g/mol. The number of rotatable bonds is 6. The van der Waals surface area contributed by atoms with Crippen LogP contribution in [0.1, 0.15) is 23.1 Å². The molecule has 0 bridgehead atoms. The summed E-state index contributed by atoms with van der Waals surface area (Å²) in [5, 5.41) is 16.5. The summed E-state index contributed by atoms with van der Waals surface area (Å²) in [5.74, 6) is 0. The van der Waals surface area contributed by atoms with E-state index in [1.807, 2.05) is 18.2 Å². The van der Waals surface area contributed by atoms with Crippen molar-refractivity contribution in [3.8, 4) is 17.4 Å². The molecule has 0 aliphatic rings. The van der Waals surface area contributed by atoms with Crippen LogP contribution in [0.3, 0.4) is 0 Å². The van der Waals surface area contributed by atoms with E-state index in [4.69, 9.17) is 4.42 Å². The Labute approximate surface area is 288 Å². The van der Waals surface area contributed by atoms with E-state index in [9.17, 15) is 5.26 Å². The Balaban J connectivity index is 1.02. The zero-order valence-corrected chi connectivity index (χ0v) is 27.3. The Kier molecular flexibility index (Phi) is 6.40. The molecule has 50 heavy (non-hydrogen) atoms. The van der Waals surface area contributed by atoms with E-state index in [1.165, 1.54) is 60.4 Å². The third kappa shape index (κ3) is 4.37. The summed E-state index contributed by atoms with van der Waals surface area (Å²) in [6.07, 6.45) is 2.89. The van der Waals surface area contributed by atoms with Crippen LogP contribution in [0.25, 0.3) is 76.9 Å². The first kappa shape index (κ1) is 28.4. The maximum absolute atomic E-state index is 9.40. The average Bonchev–Trinajstić information content (AvgIpc) is 3.82. The lowest BCUT2D eigenvalue weighted by atomic mass is 10.0. The molecule has 3 aromatic heterocycles. The molecule has 0 amide bonds. The molecule has 0 unspecified atom stereocenters. The average molecular weight is 642 g/mol. The van der Waals surface area contributed by atoms with Crippen LogP contribution in [-0.4, -0.2) is 9.13 Å². The Morgan fingerprint density at radius 3 is 1.92 bits per heavy atom. The maximum Gasteiger partial charge on any atom is 0.138 e. The summed E-state index contributed by atoms with van der Waals surface area (Å²) in [5.41, 5.74) is 12.1. The van der Waals surface area contributed by atoms with E-state index in [1.54, 1.807) is 0 Å². The number of fused-ring (bicyclic) bond motifs is 9. The molecule has 0 aliphatic carbocycles. The molecule has 0 spiro atoms. The van der Waals surface area contributed by atoms with Gasteiger partial charge in [0.2, 0.25) is 0 Å². The lowest BCUT2D eigenvalue weighted by Gasteiger charge is -2.10. The fraction of sp³-hybridized carbons (Fsp3) is 0.0652. The van der Waals surface area contributed by atoms with Crippen molar-refractivity contribution < 1.29 is 4.42 Å². The van der Waals surface area contributed by atoms with Crippen LogP contribution in [0.4, 0.5) is 0 Å². The number of nitrogens with zero attached hydrogens (tertiary/aromatic N) is 3. The van der Waals surface area contributed by atoms with Crippen molar-refractivity contribution in [2.75, 3.05) is 0 Å². The zero-order valence-electron chi connectivity index (χ0n) is 27.3. The monoisotopic (exact) mass is 641 g/mol. The van der Waals surface area contributed by atoms with Crippen molar-refractivity contribution in [3.05, 3.63) is 168 Å². The maximum atomic E-state index is 9.40. The highest BCUT2D eigenvalue weighted by atomic mass is 16.3. The molecule has 0 fully saturated rings. The van der Waals surface area contributed by atoms with Crippen molar-refractivity contribution in [1.82, 2.24) is 9.13 Å². The smallest absolute Gasteiger partial charge is 0.138 e. The lowest BCUT2D eigenvalue weighted by Crippen LogP contribution is -1.96. The van der Waals surface area contributed by atoms with E-state index in [0.717, 1.165) is 46.9 Å². The molecule has 7 aromatic carbocycles. The van der Waals surface area contributed by atoms with Crippen LogP contribution >= 0.6 is 0 Å². The number of para-hydroxylation sites is 4. The topological polar surface area (TPSA) is 46.8 Å². The number of hydrogen-bond donors (Lipinski definition) is 0. The summed E-state index contributed by atoms with van der Waals surface area (Å²) < 4.78 is 11.1. The van der Waals surface area contributed by atoms with Gasteiger partial charge in [0.1, 0.15) is 11.2 Å². The zero-order chi connectivity index (χ0) is 33.2. The first-order chi connectivity index (χ1) is 24.7. The Morgan fingerprint density at radius 1 is 0.480 bits per heavy atom. The number of aryl methyl sites for hydroxylation is 2.